The minimum absolute atomic E-state index is 0.109. The lowest BCUT2D eigenvalue weighted by molar-refractivity contribution is -0.119. The third-order valence-corrected chi connectivity index (χ3v) is 4.85. The molecule has 3 N–H and O–H groups in total. The average molecular weight is 362 g/mol. The van der Waals surface area contributed by atoms with Gasteiger partial charge in [0, 0.05) is 18.3 Å². The van der Waals surface area contributed by atoms with E-state index in [2.05, 4.69) is 20.9 Å². The van der Waals surface area contributed by atoms with E-state index in [1.165, 1.54) is 37.5 Å². The van der Waals surface area contributed by atoms with Crippen LogP contribution in [0, 0.1) is 0 Å². The number of anilines is 1. The monoisotopic (exact) mass is 362 g/mol. The Bertz CT molecular complexity index is 734. The molecule has 1 saturated carbocycles. The lowest BCUT2D eigenvalue weighted by Crippen LogP contribution is -2.38. The van der Waals surface area contributed by atoms with Gasteiger partial charge in [-0.3, -0.25) is 10.1 Å². The van der Waals surface area contributed by atoms with Gasteiger partial charge in [-0.25, -0.2) is 9.78 Å². The molecular weight excluding hydrogens is 340 g/mol. The van der Waals surface area contributed by atoms with Gasteiger partial charge in [0.1, 0.15) is 11.5 Å². The van der Waals surface area contributed by atoms with Crippen LogP contribution in [0.3, 0.4) is 0 Å². The molecule has 7 nitrogen and oxygen atoms in total. The van der Waals surface area contributed by atoms with Crippen LogP contribution in [-0.4, -0.2) is 23.0 Å². The molecule has 0 radical (unpaired) electrons. The minimum Gasteiger partial charge on any atom is -0.458 e. The molecule has 0 aliphatic heterocycles. The van der Waals surface area contributed by atoms with Crippen LogP contribution >= 0.6 is 11.3 Å². The van der Waals surface area contributed by atoms with Crippen molar-refractivity contribution in [3.63, 3.8) is 0 Å². The molecule has 25 heavy (non-hydrogen) atoms. The number of nitrogens with zero attached hydrogens (tertiary/aromatic N) is 1. The van der Waals surface area contributed by atoms with E-state index < -0.39 is 0 Å². The number of aromatic nitrogens is 1. The van der Waals surface area contributed by atoms with Gasteiger partial charge in [0.2, 0.25) is 5.91 Å². The zero-order valence-electron chi connectivity index (χ0n) is 14.1. The Morgan fingerprint density at radius 1 is 1.28 bits per heavy atom. The summed E-state index contributed by atoms with van der Waals surface area (Å²) < 4.78 is 5.66. The van der Waals surface area contributed by atoms with Crippen LogP contribution < -0.4 is 16.0 Å². The molecule has 3 rings (SSSR count). The molecule has 1 aliphatic rings. The topological polar surface area (TPSA) is 96.3 Å². The van der Waals surface area contributed by atoms with Crippen molar-refractivity contribution in [2.75, 3.05) is 5.32 Å². The zero-order chi connectivity index (χ0) is 17.6. The highest BCUT2D eigenvalue weighted by molar-refractivity contribution is 7.14. The summed E-state index contributed by atoms with van der Waals surface area (Å²) in [7, 11) is 0. The zero-order valence-corrected chi connectivity index (χ0v) is 14.9. The second-order valence-corrected chi connectivity index (χ2v) is 7.01. The molecule has 1 fully saturated rings. The van der Waals surface area contributed by atoms with Crippen LogP contribution in [0.4, 0.5) is 9.93 Å². The molecular formula is C17H22N4O3S. The predicted octanol–water partition coefficient (Wildman–Crippen LogP) is 3.49. The van der Waals surface area contributed by atoms with Crippen LogP contribution in [0.2, 0.25) is 0 Å². The van der Waals surface area contributed by atoms with Gasteiger partial charge in [0.25, 0.3) is 0 Å². The number of thiazole rings is 1. The first-order valence-corrected chi connectivity index (χ1v) is 9.34. The maximum absolute atomic E-state index is 12.1. The van der Waals surface area contributed by atoms with E-state index in [0.29, 0.717) is 28.9 Å². The van der Waals surface area contributed by atoms with Gasteiger partial charge in [0.15, 0.2) is 10.9 Å². The maximum Gasteiger partial charge on any atom is 0.321 e. The van der Waals surface area contributed by atoms with Gasteiger partial charge in [-0.05, 0) is 25.0 Å². The van der Waals surface area contributed by atoms with E-state index in [4.69, 9.17) is 4.42 Å². The largest absolute Gasteiger partial charge is 0.458 e. The third kappa shape index (κ3) is 5.06. The van der Waals surface area contributed by atoms with Crippen LogP contribution in [0.15, 0.2) is 21.9 Å². The fourth-order valence-corrected chi connectivity index (χ4v) is 3.53. The van der Waals surface area contributed by atoms with Gasteiger partial charge < -0.3 is 15.1 Å². The van der Waals surface area contributed by atoms with E-state index in [1.807, 2.05) is 5.38 Å². The van der Waals surface area contributed by atoms with Gasteiger partial charge in [0.05, 0.1) is 6.54 Å². The number of rotatable bonds is 5. The summed E-state index contributed by atoms with van der Waals surface area (Å²) in [6.07, 6.45) is 5.68. The lowest BCUT2D eigenvalue weighted by Gasteiger charge is -2.22. The van der Waals surface area contributed by atoms with Gasteiger partial charge in [-0.2, -0.15) is 0 Å². The van der Waals surface area contributed by atoms with Crippen LogP contribution in [0.5, 0.6) is 0 Å². The summed E-state index contributed by atoms with van der Waals surface area (Å²) in [5, 5.41) is 10.8. The van der Waals surface area contributed by atoms with Crippen LogP contribution in [0.25, 0.3) is 11.5 Å². The number of nitrogens with one attached hydrogen (secondary N) is 3. The number of hydrogen-bond donors (Lipinski definition) is 3. The molecule has 134 valence electrons. The summed E-state index contributed by atoms with van der Waals surface area (Å²) in [6.45, 7) is 1.80. The highest BCUT2D eigenvalue weighted by Gasteiger charge is 2.17. The first-order valence-electron chi connectivity index (χ1n) is 8.47. The molecule has 2 aromatic heterocycles. The standard InChI is InChI=1S/C17H22N4O3S/c1-11(22)18-9-13-7-8-15(24-13)14-10-25-17(20-14)21-16(23)19-12-5-3-2-4-6-12/h7-8,10,12H,2-6,9H2,1H3,(H,18,22)(H2,19,20,21,23). The molecule has 2 heterocycles. The van der Waals surface area contributed by atoms with Gasteiger partial charge in [-0.15, -0.1) is 11.3 Å². The maximum atomic E-state index is 12.1. The Morgan fingerprint density at radius 3 is 2.84 bits per heavy atom. The molecule has 0 spiro atoms. The Morgan fingerprint density at radius 2 is 2.08 bits per heavy atom. The summed E-state index contributed by atoms with van der Waals surface area (Å²) >= 11 is 1.35. The predicted molar refractivity (Wildman–Crippen MR) is 96.4 cm³/mol. The molecule has 0 aromatic carbocycles. The van der Waals surface area contributed by atoms with Gasteiger partial charge >= 0.3 is 6.03 Å². The number of carbonyl (C=O) groups excluding carboxylic acids is 2. The lowest BCUT2D eigenvalue weighted by atomic mass is 9.96. The molecule has 1 aliphatic carbocycles. The Kier molecular flexibility index (Phi) is 5.70. The van der Waals surface area contributed by atoms with E-state index in [1.54, 1.807) is 12.1 Å². The van der Waals surface area contributed by atoms with Crippen molar-refractivity contribution in [3.8, 4) is 11.5 Å². The van der Waals surface area contributed by atoms with E-state index >= 15 is 0 Å². The highest BCUT2D eigenvalue weighted by atomic mass is 32.1. The molecule has 3 amide bonds. The normalized spacial score (nSPS) is 14.9. The molecule has 8 heteroatoms. The second-order valence-electron chi connectivity index (χ2n) is 6.15. The Hall–Kier alpha value is -2.35. The quantitative estimate of drug-likeness (QED) is 0.758. The van der Waals surface area contributed by atoms with Crippen molar-refractivity contribution in [2.45, 2.75) is 51.6 Å². The Balaban J connectivity index is 1.54. The molecule has 2 aromatic rings. The van der Waals surface area contributed by atoms with Gasteiger partial charge in [-0.1, -0.05) is 19.3 Å². The molecule has 0 unspecified atom stereocenters. The summed E-state index contributed by atoms with van der Waals surface area (Å²) in [6, 6.07) is 3.65. The minimum atomic E-state index is -0.210. The van der Waals surface area contributed by atoms with Crippen molar-refractivity contribution in [3.05, 3.63) is 23.3 Å². The van der Waals surface area contributed by atoms with E-state index in [-0.39, 0.29) is 18.0 Å². The SMILES string of the molecule is CC(=O)NCc1ccc(-c2csc(NC(=O)NC3CCCCC3)n2)o1. The van der Waals surface area contributed by atoms with Crippen molar-refractivity contribution >= 4 is 28.4 Å². The third-order valence-electron chi connectivity index (χ3n) is 4.09. The number of carbonyl (C=O) groups is 2. The van der Waals surface area contributed by atoms with Crippen LogP contribution in [0.1, 0.15) is 44.8 Å². The molecule has 0 bridgehead atoms. The summed E-state index contributed by atoms with van der Waals surface area (Å²) in [4.78, 5) is 27.4. The first-order chi connectivity index (χ1) is 12.1. The Labute approximate surface area is 150 Å². The number of hydrogen-bond acceptors (Lipinski definition) is 5. The van der Waals surface area contributed by atoms with E-state index in [0.717, 1.165) is 12.8 Å². The summed E-state index contributed by atoms with van der Waals surface area (Å²) in [5.41, 5.74) is 0.659. The molecule has 0 saturated heterocycles. The smallest absolute Gasteiger partial charge is 0.321 e. The number of amides is 3. The van der Waals surface area contributed by atoms with Crippen molar-refractivity contribution in [1.82, 2.24) is 15.6 Å². The number of urea groups is 1. The first kappa shape index (κ1) is 17.5. The second kappa shape index (κ2) is 8.15. The fourth-order valence-electron chi connectivity index (χ4n) is 2.83. The molecule has 0 atom stereocenters. The average Bonchev–Trinajstić information content (AvgIpc) is 3.23. The van der Waals surface area contributed by atoms with E-state index in [9.17, 15) is 9.59 Å². The van der Waals surface area contributed by atoms with Crippen molar-refractivity contribution in [2.24, 2.45) is 0 Å². The highest BCUT2D eigenvalue weighted by Crippen LogP contribution is 2.26. The van der Waals surface area contributed by atoms with Crippen molar-refractivity contribution in [1.29, 1.82) is 0 Å². The van der Waals surface area contributed by atoms with Crippen LogP contribution in [-0.2, 0) is 11.3 Å². The van der Waals surface area contributed by atoms with Crippen molar-refractivity contribution < 1.29 is 14.0 Å². The fraction of sp³-hybridized carbons (Fsp3) is 0.471. The summed E-state index contributed by atoms with van der Waals surface area (Å²) in [5.74, 6) is 1.15. The number of furan rings is 1.